The van der Waals surface area contributed by atoms with Gasteiger partial charge in [-0.25, -0.2) is 4.98 Å². The van der Waals surface area contributed by atoms with Gasteiger partial charge in [-0.3, -0.25) is 4.90 Å². The Balaban J connectivity index is 2.10. The van der Waals surface area contributed by atoms with E-state index in [9.17, 15) is 0 Å². The van der Waals surface area contributed by atoms with Gasteiger partial charge in [0.1, 0.15) is 5.82 Å². The summed E-state index contributed by atoms with van der Waals surface area (Å²) in [5.41, 5.74) is 8.38. The first kappa shape index (κ1) is 15.3. The molecule has 0 aromatic carbocycles. The van der Waals surface area contributed by atoms with E-state index in [2.05, 4.69) is 49.6 Å². The Kier molecular flexibility index (Phi) is 4.66. The number of piperazine rings is 1. The highest BCUT2D eigenvalue weighted by atomic mass is 15.3. The summed E-state index contributed by atoms with van der Waals surface area (Å²) < 4.78 is 0. The molecule has 112 valence electrons. The first-order chi connectivity index (χ1) is 9.44. The third-order valence-corrected chi connectivity index (χ3v) is 4.07. The minimum absolute atomic E-state index is 0.257. The van der Waals surface area contributed by atoms with E-state index in [1.807, 2.05) is 0 Å². The third-order valence-electron chi connectivity index (χ3n) is 4.07. The zero-order chi connectivity index (χ0) is 14.8. The number of hydrogen-bond donors (Lipinski definition) is 1. The lowest BCUT2D eigenvalue weighted by Gasteiger charge is -2.42. The number of hydrogen-bond acceptors (Lipinski definition) is 4. The molecule has 4 nitrogen and oxygen atoms in total. The molecule has 20 heavy (non-hydrogen) atoms. The van der Waals surface area contributed by atoms with Crippen LogP contribution in [0.2, 0.25) is 0 Å². The molecule has 1 aromatic rings. The lowest BCUT2D eigenvalue weighted by Crippen LogP contribution is -2.53. The highest BCUT2D eigenvalue weighted by Crippen LogP contribution is 2.21. The summed E-state index contributed by atoms with van der Waals surface area (Å²) in [5.74, 6) is 1.10. The van der Waals surface area contributed by atoms with Crippen LogP contribution in [0.5, 0.6) is 0 Å². The Hall–Kier alpha value is -1.13. The van der Waals surface area contributed by atoms with Crippen molar-refractivity contribution in [1.29, 1.82) is 0 Å². The summed E-state index contributed by atoms with van der Waals surface area (Å²) in [7, 11) is 0. The van der Waals surface area contributed by atoms with Gasteiger partial charge in [-0.05, 0) is 44.9 Å². The molecule has 0 unspecified atom stereocenters. The number of pyridine rings is 1. The van der Waals surface area contributed by atoms with Gasteiger partial charge in [0.25, 0.3) is 0 Å². The van der Waals surface area contributed by atoms with Crippen LogP contribution in [0.15, 0.2) is 12.1 Å². The van der Waals surface area contributed by atoms with Crippen LogP contribution >= 0.6 is 0 Å². The van der Waals surface area contributed by atoms with E-state index in [-0.39, 0.29) is 5.54 Å². The number of aryl methyl sites for hydroxylation is 1. The Morgan fingerprint density at radius 2 is 1.80 bits per heavy atom. The van der Waals surface area contributed by atoms with Crippen molar-refractivity contribution in [3.8, 4) is 0 Å². The van der Waals surface area contributed by atoms with E-state index in [0.717, 1.165) is 44.1 Å². The summed E-state index contributed by atoms with van der Waals surface area (Å²) in [6.07, 6.45) is 0.961. The molecule has 0 bridgehead atoms. The largest absolute Gasteiger partial charge is 0.354 e. The van der Waals surface area contributed by atoms with Gasteiger partial charge in [0.05, 0.1) is 0 Å². The monoisotopic (exact) mass is 276 g/mol. The van der Waals surface area contributed by atoms with E-state index in [1.165, 1.54) is 5.56 Å². The van der Waals surface area contributed by atoms with Crippen LogP contribution in [0.4, 0.5) is 5.82 Å². The van der Waals surface area contributed by atoms with Crippen molar-refractivity contribution < 1.29 is 0 Å². The fraction of sp³-hybridized carbons (Fsp3) is 0.688. The van der Waals surface area contributed by atoms with E-state index < -0.39 is 0 Å². The minimum atomic E-state index is 0.257. The summed E-state index contributed by atoms with van der Waals surface area (Å²) in [6, 6.07) is 4.26. The lowest BCUT2D eigenvalue weighted by atomic mass is 10.0. The van der Waals surface area contributed by atoms with Crippen LogP contribution < -0.4 is 10.6 Å². The molecule has 0 saturated carbocycles. The van der Waals surface area contributed by atoms with Crippen molar-refractivity contribution in [2.24, 2.45) is 5.73 Å². The molecule has 1 saturated heterocycles. The topological polar surface area (TPSA) is 45.4 Å². The van der Waals surface area contributed by atoms with Gasteiger partial charge in [-0.15, -0.1) is 0 Å². The standard InChI is InChI=1S/C16H28N4/c1-5-14-10-13(12-17)11-15(18-14)19-6-8-20(9-7-19)16(2,3)4/h10-11H,5-9,12,17H2,1-4H3. The van der Waals surface area contributed by atoms with Crippen molar-refractivity contribution in [1.82, 2.24) is 9.88 Å². The maximum Gasteiger partial charge on any atom is 0.129 e. The predicted molar refractivity (Wildman–Crippen MR) is 85.0 cm³/mol. The fourth-order valence-electron chi connectivity index (χ4n) is 2.70. The number of anilines is 1. The quantitative estimate of drug-likeness (QED) is 0.917. The van der Waals surface area contributed by atoms with Gasteiger partial charge in [0.15, 0.2) is 0 Å². The maximum atomic E-state index is 5.80. The number of rotatable bonds is 3. The van der Waals surface area contributed by atoms with Crippen LogP contribution in [-0.4, -0.2) is 41.6 Å². The van der Waals surface area contributed by atoms with Crippen molar-refractivity contribution in [3.05, 3.63) is 23.4 Å². The molecule has 0 radical (unpaired) electrons. The molecule has 4 heteroatoms. The van der Waals surface area contributed by atoms with Crippen LogP contribution in [-0.2, 0) is 13.0 Å². The van der Waals surface area contributed by atoms with Gasteiger partial charge >= 0.3 is 0 Å². The van der Waals surface area contributed by atoms with Crippen LogP contribution in [0.1, 0.15) is 39.0 Å². The minimum Gasteiger partial charge on any atom is -0.354 e. The lowest BCUT2D eigenvalue weighted by molar-refractivity contribution is 0.128. The van der Waals surface area contributed by atoms with E-state index >= 15 is 0 Å². The fourth-order valence-corrected chi connectivity index (χ4v) is 2.70. The van der Waals surface area contributed by atoms with E-state index in [1.54, 1.807) is 0 Å². The van der Waals surface area contributed by atoms with E-state index in [4.69, 9.17) is 10.7 Å². The molecular formula is C16H28N4. The Morgan fingerprint density at radius 3 is 2.30 bits per heavy atom. The van der Waals surface area contributed by atoms with Crippen LogP contribution in [0.25, 0.3) is 0 Å². The summed E-state index contributed by atoms with van der Waals surface area (Å²) in [4.78, 5) is 9.69. The van der Waals surface area contributed by atoms with Crippen molar-refractivity contribution >= 4 is 5.82 Å². The summed E-state index contributed by atoms with van der Waals surface area (Å²) in [6.45, 7) is 13.9. The van der Waals surface area contributed by atoms with Gasteiger partial charge < -0.3 is 10.6 Å². The SMILES string of the molecule is CCc1cc(CN)cc(N2CCN(C(C)(C)C)CC2)n1. The average Bonchev–Trinajstić information content (AvgIpc) is 2.46. The molecule has 1 aromatic heterocycles. The Morgan fingerprint density at radius 1 is 1.15 bits per heavy atom. The Bertz CT molecular complexity index is 420. The van der Waals surface area contributed by atoms with Gasteiger partial charge in [0.2, 0.25) is 0 Å². The van der Waals surface area contributed by atoms with E-state index in [0.29, 0.717) is 6.54 Å². The second-order valence-electron chi connectivity index (χ2n) is 6.53. The molecule has 0 amide bonds. The summed E-state index contributed by atoms with van der Waals surface area (Å²) in [5, 5.41) is 0. The molecule has 1 aliphatic heterocycles. The predicted octanol–water partition coefficient (Wildman–Crippen LogP) is 2.02. The van der Waals surface area contributed by atoms with Gasteiger partial charge in [-0.2, -0.15) is 0 Å². The number of nitrogens with zero attached hydrogens (tertiary/aromatic N) is 3. The molecule has 2 N–H and O–H groups in total. The zero-order valence-electron chi connectivity index (χ0n) is 13.3. The number of aromatic nitrogens is 1. The zero-order valence-corrected chi connectivity index (χ0v) is 13.3. The molecule has 0 atom stereocenters. The first-order valence-corrected chi connectivity index (χ1v) is 7.64. The van der Waals surface area contributed by atoms with Crippen LogP contribution in [0.3, 0.4) is 0 Å². The van der Waals surface area contributed by atoms with Crippen molar-refractivity contribution in [2.45, 2.75) is 46.2 Å². The molecule has 1 fully saturated rings. The Labute approximate surface area is 123 Å². The van der Waals surface area contributed by atoms with Gasteiger partial charge in [-0.1, -0.05) is 6.92 Å². The van der Waals surface area contributed by atoms with Crippen LogP contribution in [0, 0.1) is 0 Å². The summed E-state index contributed by atoms with van der Waals surface area (Å²) >= 11 is 0. The smallest absolute Gasteiger partial charge is 0.129 e. The maximum absolute atomic E-state index is 5.80. The molecular weight excluding hydrogens is 248 g/mol. The highest BCUT2D eigenvalue weighted by molar-refractivity contribution is 5.43. The molecule has 0 spiro atoms. The molecule has 2 heterocycles. The molecule has 0 aliphatic carbocycles. The van der Waals surface area contributed by atoms with Gasteiger partial charge in [0, 0.05) is 44.0 Å². The number of nitrogens with two attached hydrogens (primary N) is 1. The third kappa shape index (κ3) is 3.49. The average molecular weight is 276 g/mol. The molecule has 2 rings (SSSR count). The molecule has 1 aliphatic rings. The van der Waals surface area contributed by atoms with Crippen molar-refractivity contribution in [3.63, 3.8) is 0 Å². The normalized spacial score (nSPS) is 17.6. The van der Waals surface area contributed by atoms with Crippen molar-refractivity contribution in [2.75, 3.05) is 31.1 Å². The first-order valence-electron chi connectivity index (χ1n) is 7.64. The second kappa shape index (κ2) is 6.10. The second-order valence-corrected chi connectivity index (χ2v) is 6.53. The highest BCUT2D eigenvalue weighted by Gasteiger charge is 2.26.